The SMILES string of the molecule is COC1CCCN(C2CCCC(N)C2)C1. The van der Waals surface area contributed by atoms with Crippen molar-refractivity contribution in [3.05, 3.63) is 0 Å². The molecule has 1 heterocycles. The smallest absolute Gasteiger partial charge is 0.0698 e. The van der Waals surface area contributed by atoms with Crippen LogP contribution in [0.25, 0.3) is 0 Å². The van der Waals surface area contributed by atoms with E-state index in [0.717, 1.165) is 12.6 Å². The van der Waals surface area contributed by atoms with Crippen LogP contribution >= 0.6 is 0 Å². The van der Waals surface area contributed by atoms with Gasteiger partial charge in [-0.2, -0.15) is 0 Å². The first kappa shape index (κ1) is 11.4. The quantitative estimate of drug-likeness (QED) is 0.751. The van der Waals surface area contributed by atoms with Crippen LogP contribution in [0.1, 0.15) is 38.5 Å². The molecular formula is C12H24N2O. The average molecular weight is 212 g/mol. The van der Waals surface area contributed by atoms with Gasteiger partial charge in [0.25, 0.3) is 0 Å². The van der Waals surface area contributed by atoms with Crippen molar-refractivity contribution in [3.8, 4) is 0 Å². The van der Waals surface area contributed by atoms with Gasteiger partial charge in [-0.1, -0.05) is 6.42 Å². The van der Waals surface area contributed by atoms with Crippen molar-refractivity contribution in [3.63, 3.8) is 0 Å². The highest BCUT2D eigenvalue weighted by Crippen LogP contribution is 2.25. The molecule has 2 rings (SSSR count). The minimum absolute atomic E-state index is 0.437. The maximum Gasteiger partial charge on any atom is 0.0698 e. The number of rotatable bonds is 2. The van der Waals surface area contributed by atoms with Crippen LogP contribution in [-0.2, 0) is 4.74 Å². The number of hydrogen-bond donors (Lipinski definition) is 1. The van der Waals surface area contributed by atoms with E-state index in [1.54, 1.807) is 0 Å². The normalized spacial score (nSPS) is 39.2. The molecule has 1 aliphatic carbocycles. The molecule has 1 saturated carbocycles. The molecule has 0 aromatic carbocycles. The zero-order chi connectivity index (χ0) is 10.7. The highest BCUT2D eigenvalue weighted by atomic mass is 16.5. The number of ether oxygens (including phenoxy) is 1. The van der Waals surface area contributed by atoms with E-state index in [2.05, 4.69) is 4.90 Å². The lowest BCUT2D eigenvalue weighted by atomic mass is 9.89. The van der Waals surface area contributed by atoms with Gasteiger partial charge in [0.1, 0.15) is 0 Å². The molecular weight excluding hydrogens is 188 g/mol. The van der Waals surface area contributed by atoms with E-state index in [9.17, 15) is 0 Å². The second-order valence-corrected chi connectivity index (χ2v) is 5.08. The number of methoxy groups -OCH3 is 1. The predicted molar refractivity (Wildman–Crippen MR) is 61.8 cm³/mol. The Morgan fingerprint density at radius 3 is 2.80 bits per heavy atom. The summed E-state index contributed by atoms with van der Waals surface area (Å²) in [6.07, 6.45) is 8.02. The third kappa shape index (κ3) is 2.92. The van der Waals surface area contributed by atoms with Crippen molar-refractivity contribution in [2.75, 3.05) is 20.2 Å². The highest BCUT2D eigenvalue weighted by Gasteiger charge is 2.28. The summed E-state index contributed by atoms with van der Waals surface area (Å²) in [5, 5.41) is 0. The maximum absolute atomic E-state index is 6.04. The first-order chi connectivity index (χ1) is 7.29. The molecule has 3 atom stereocenters. The van der Waals surface area contributed by atoms with Crippen molar-refractivity contribution in [2.24, 2.45) is 5.73 Å². The van der Waals surface area contributed by atoms with Gasteiger partial charge in [-0.15, -0.1) is 0 Å². The molecule has 3 heteroatoms. The van der Waals surface area contributed by atoms with Gasteiger partial charge in [0.15, 0.2) is 0 Å². The molecule has 2 fully saturated rings. The molecule has 2 N–H and O–H groups in total. The van der Waals surface area contributed by atoms with Crippen LogP contribution in [0.2, 0.25) is 0 Å². The Kier molecular flexibility index (Phi) is 4.00. The Labute approximate surface area is 93.0 Å². The molecule has 3 unspecified atom stereocenters. The van der Waals surface area contributed by atoms with E-state index >= 15 is 0 Å². The van der Waals surface area contributed by atoms with Gasteiger partial charge in [0.05, 0.1) is 6.10 Å². The average Bonchev–Trinajstić information content (AvgIpc) is 2.29. The van der Waals surface area contributed by atoms with Crippen molar-refractivity contribution < 1.29 is 4.74 Å². The second-order valence-electron chi connectivity index (χ2n) is 5.08. The summed E-state index contributed by atoms with van der Waals surface area (Å²) in [5.41, 5.74) is 6.04. The first-order valence-corrected chi connectivity index (χ1v) is 6.32. The summed E-state index contributed by atoms with van der Waals surface area (Å²) in [7, 11) is 1.83. The van der Waals surface area contributed by atoms with Crippen molar-refractivity contribution in [2.45, 2.75) is 56.7 Å². The third-order valence-electron chi connectivity index (χ3n) is 3.95. The van der Waals surface area contributed by atoms with E-state index in [0.29, 0.717) is 12.1 Å². The molecule has 1 aliphatic heterocycles. The zero-order valence-electron chi connectivity index (χ0n) is 9.82. The van der Waals surface area contributed by atoms with Crippen LogP contribution in [0.15, 0.2) is 0 Å². The van der Waals surface area contributed by atoms with Gasteiger partial charge in [-0.3, -0.25) is 4.90 Å². The first-order valence-electron chi connectivity index (χ1n) is 6.32. The molecule has 88 valence electrons. The summed E-state index contributed by atoms with van der Waals surface area (Å²) in [5.74, 6) is 0. The molecule has 1 saturated heterocycles. The van der Waals surface area contributed by atoms with Crippen molar-refractivity contribution in [1.82, 2.24) is 4.90 Å². The molecule has 0 bridgehead atoms. The summed E-state index contributed by atoms with van der Waals surface area (Å²) < 4.78 is 5.47. The fraction of sp³-hybridized carbons (Fsp3) is 1.00. The lowest BCUT2D eigenvalue weighted by molar-refractivity contribution is 0.00627. The summed E-state index contributed by atoms with van der Waals surface area (Å²) >= 11 is 0. The summed E-state index contributed by atoms with van der Waals surface area (Å²) in [6.45, 7) is 2.37. The summed E-state index contributed by atoms with van der Waals surface area (Å²) in [6, 6.07) is 1.17. The number of nitrogens with two attached hydrogens (primary N) is 1. The lowest BCUT2D eigenvalue weighted by Crippen LogP contribution is -2.48. The van der Waals surface area contributed by atoms with E-state index in [1.165, 1.54) is 45.1 Å². The number of piperidine rings is 1. The van der Waals surface area contributed by atoms with Crippen molar-refractivity contribution >= 4 is 0 Å². The number of likely N-dealkylation sites (tertiary alicyclic amines) is 1. The van der Waals surface area contributed by atoms with Gasteiger partial charge in [0, 0.05) is 25.7 Å². The molecule has 3 nitrogen and oxygen atoms in total. The highest BCUT2D eigenvalue weighted by molar-refractivity contribution is 4.85. The minimum Gasteiger partial charge on any atom is -0.380 e. The van der Waals surface area contributed by atoms with E-state index in [1.807, 2.05) is 7.11 Å². The molecule has 0 amide bonds. The van der Waals surface area contributed by atoms with Gasteiger partial charge in [-0.25, -0.2) is 0 Å². The van der Waals surface area contributed by atoms with Gasteiger partial charge in [-0.05, 0) is 38.6 Å². The lowest BCUT2D eigenvalue weighted by Gasteiger charge is -2.40. The van der Waals surface area contributed by atoms with Crippen LogP contribution in [-0.4, -0.2) is 43.3 Å². The Balaban J connectivity index is 1.86. The Hall–Kier alpha value is -0.120. The molecule has 0 aromatic rings. The number of hydrogen-bond acceptors (Lipinski definition) is 3. The predicted octanol–water partition coefficient (Wildman–Crippen LogP) is 1.37. The van der Waals surface area contributed by atoms with Crippen LogP contribution in [0.3, 0.4) is 0 Å². The van der Waals surface area contributed by atoms with Crippen LogP contribution < -0.4 is 5.73 Å². The minimum atomic E-state index is 0.437. The van der Waals surface area contributed by atoms with E-state index in [-0.39, 0.29) is 0 Å². The molecule has 0 radical (unpaired) electrons. The summed E-state index contributed by atoms with van der Waals surface area (Å²) in [4.78, 5) is 2.61. The van der Waals surface area contributed by atoms with Crippen LogP contribution in [0.4, 0.5) is 0 Å². The molecule has 0 spiro atoms. The van der Waals surface area contributed by atoms with E-state index < -0.39 is 0 Å². The monoisotopic (exact) mass is 212 g/mol. The second kappa shape index (κ2) is 5.28. The third-order valence-corrected chi connectivity index (χ3v) is 3.95. The Morgan fingerprint density at radius 2 is 2.07 bits per heavy atom. The largest absolute Gasteiger partial charge is 0.380 e. The molecule has 0 aromatic heterocycles. The van der Waals surface area contributed by atoms with Crippen LogP contribution in [0.5, 0.6) is 0 Å². The number of nitrogens with zero attached hydrogens (tertiary/aromatic N) is 1. The zero-order valence-corrected chi connectivity index (χ0v) is 9.82. The fourth-order valence-corrected chi connectivity index (χ4v) is 3.02. The van der Waals surface area contributed by atoms with Crippen LogP contribution in [0, 0.1) is 0 Å². The standard InChI is InChI=1S/C12H24N2O/c1-15-12-6-3-7-14(9-12)11-5-2-4-10(13)8-11/h10-12H,2-9,13H2,1H3. The maximum atomic E-state index is 6.04. The molecule has 2 aliphatic rings. The Bertz CT molecular complexity index is 198. The van der Waals surface area contributed by atoms with E-state index in [4.69, 9.17) is 10.5 Å². The molecule has 15 heavy (non-hydrogen) atoms. The topological polar surface area (TPSA) is 38.5 Å². The fourth-order valence-electron chi connectivity index (χ4n) is 3.02. The van der Waals surface area contributed by atoms with Gasteiger partial charge < -0.3 is 10.5 Å². The van der Waals surface area contributed by atoms with Gasteiger partial charge >= 0.3 is 0 Å². The Morgan fingerprint density at radius 1 is 1.20 bits per heavy atom. The van der Waals surface area contributed by atoms with Crippen molar-refractivity contribution in [1.29, 1.82) is 0 Å². The van der Waals surface area contributed by atoms with Gasteiger partial charge in [0.2, 0.25) is 0 Å².